The molecule has 1 aromatic heterocycles. The number of likely N-dealkylation sites (tertiary alicyclic amines) is 1. The third-order valence-electron chi connectivity index (χ3n) is 5.13. The first kappa shape index (κ1) is 22.8. The van der Waals surface area contributed by atoms with E-state index in [1.807, 2.05) is 0 Å². The number of carbonyl (C=O) groups excluding carboxylic acids is 1. The standard InChI is InChI=1S/C20H21ClFN5O3S2/c21-15-12-14(4-5-16(15)22)24-19(28)18-13-17(20-23-6-11-31-20)25-32(29,30)27(18)10-3-9-26-7-1-2-8-26/h4-6,11-13H,1-3,7-10H2,(H,24,28). The molecule has 1 amide bonds. The highest BCUT2D eigenvalue weighted by Gasteiger charge is 2.33. The SMILES string of the molecule is O=C(Nc1ccc(F)c(Cl)c1)C1=CC(c2nccs2)=NS(=O)(=O)N1CCCN1CCCC1. The molecule has 170 valence electrons. The van der Waals surface area contributed by atoms with E-state index in [1.165, 1.54) is 35.7 Å². The summed E-state index contributed by atoms with van der Waals surface area (Å²) in [7, 11) is -4.14. The summed E-state index contributed by atoms with van der Waals surface area (Å²) in [4.78, 5) is 19.5. The molecule has 2 aliphatic rings. The van der Waals surface area contributed by atoms with E-state index in [1.54, 1.807) is 5.38 Å². The second-order valence-corrected chi connectivity index (χ2v) is 10.2. The minimum absolute atomic E-state index is 0.0768. The molecule has 3 heterocycles. The summed E-state index contributed by atoms with van der Waals surface area (Å²) in [6.07, 6.45) is 5.77. The van der Waals surface area contributed by atoms with Crippen molar-refractivity contribution in [1.82, 2.24) is 14.2 Å². The highest BCUT2D eigenvalue weighted by atomic mass is 35.5. The average Bonchev–Trinajstić information content (AvgIpc) is 3.45. The first-order valence-electron chi connectivity index (χ1n) is 10.1. The number of carbonyl (C=O) groups is 1. The number of nitrogens with zero attached hydrogens (tertiary/aromatic N) is 4. The van der Waals surface area contributed by atoms with Crippen LogP contribution in [0.4, 0.5) is 10.1 Å². The summed E-state index contributed by atoms with van der Waals surface area (Å²) in [5, 5.41) is 4.53. The number of anilines is 1. The minimum atomic E-state index is -4.14. The lowest BCUT2D eigenvalue weighted by Gasteiger charge is -2.27. The Balaban J connectivity index is 1.60. The average molecular weight is 498 g/mol. The van der Waals surface area contributed by atoms with E-state index in [-0.39, 0.29) is 28.7 Å². The first-order valence-corrected chi connectivity index (χ1v) is 12.7. The van der Waals surface area contributed by atoms with Gasteiger partial charge in [0, 0.05) is 23.8 Å². The molecule has 8 nitrogen and oxygen atoms in total. The lowest BCUT2D eigenvalue weighted by atomic mass is 10.2. The fourth-order valence-electron chi connectivity index (χ4n) is 3.60. The van der Waals surface area contributed by atoms with Crippen LogP contribution >= 0.6 is 22.9 Å². The summed E-state index contributed by atoms with van der Waals surface area (Å²) in [5.41, 5.74) is 0.264. The Morgan fingerprint density at radius 3 is 2.72 bits per heavy atom. The summed E-state index contributed by atoms with van der Waals surface area (Å²) < 4.78 is 44.3. The Morgan fingerprint density at radius 1 is 1.25 bits per heavy atom. The molecule has 0 saturated carbocycles. The third-order valence-corrected chi connectivity index (χ3v) is 7.58. The smallest absolute Gasteiger partial charge is 0.321 e. The Kier molecular flexibility index (Phi) is 6.89. The van der Waals surface area contributed by atoms with E-state index in [0.29, 0.717) is 11.4 Å². The predicted octanol–water partition coefficient (Wildman–Crippen LogP) is 3.29. The van der Waals surface area contributed by atoms with Crippen molar-refractivity contribution in [2.45, 2.75) is 19.3 Å². The van der Waals surface area contributed by atoms with Gasteiger partial charge >= 0.3 is 10.2 Å². The molecule has 1 N–H and O–H groups in total. The Labute approximate surface area is 194 Å². The van der Waals surface area contributed by atoms with E-state index < -0.39 is 21.9 Å². The van der Waals surface area contributed by atoms with Crippen molar-refractivity contribution in [2.75, 3.05) is 31.5 Å². The number of halogens is 2. The van der Waals surface area contributed by atoms with Gasteiger partial charge < -0.3 is 10.2 Å². The molecule has 0 spiro atoms. The molecule has 2 aliphatic heterocycles. The first-order chi connectivity index (χ1) is 15.3. The van der Waals surface area contributed by atoms with Gasteiger partial charge in [-0.05, 0) is 63.2 Å². The monoisotopic (exact) mass is 497 g/mol. The van der Waals surface area contributed by atoms with Crippen molar-refractivity contribution in [3.05, 3.63) is 57.4 Å². The molecule has 2 aromatic rings. The zero-order valence-electron chi connectivity index (χ0n) is 17.0. The van der Waals surface area contributed by atoms with E-state index in [0.717, 1.165) is 42.8 Å². The topological polar surface area (TPSA) is 95.0 Å². The number of rotatable bonds is 7. The van der Waals surface area contributed by atoms with Gasteiger partial charge in [-0.2, -0.15) is 8.42 Å². The van der Waals surface area contributed by atoms with Crippen LogP contribution in [0.15, 0.2) is 45.9 Å². The number of allylic oxidation sites excluding steroid dienone is 1. The van der Waals surface area contributed by atoms with Crippen LogP contribution in [-0.2, 0) is 15.0 Å². The molecule has 1 aromatic carbocycles. The van der Waals surface area contributed by atoms with Crippen molar-refractivity contribution in [3.63, 3.8) is 0 Å². The lowest BCUT2D eigenvalue weighted by Crippen LogP contribution is -2.40. The van der Waals surface area contributed by atoms with Crippen LogP contribution in [0, 0.1) is 5.82 Å². The van der Waals surface area contributed by atoms with E-state index in [9.17, 15) is 17.6 Å². The van der Waals surface area contributed by atoms with Gasteiger partial charge in [0.15, 0.2) is 0 Å². The number of benzene rings is 1. The summed E-state index contributed by atoms with van der Waals surface area (Å²) in [6.45, 7) is 2.83. The maximum atomic E-state index is 13.5. The van der Waals surface area contributed by atoms with Crippen molar-refractivity contribution in [3.8, 4) is 0 Å². The number of hydrogen-bond acceptors (Lipinski definition) is 6. The van der Waals surface area contributed by atoms with Crippen LogP contribution in [0.1, 0.15) is 24.3 Å². The van der Waals surface area contributed by atoms with Crippen LogP contribution in [0.2, 0.25) is 5.02 Å². The maximum Gasteiger partial charge on any atom is 0.345 e. The molecule has 1 fully saturated rings. The molecule has 0 bridgehead atoms. The third kappa shape index (κ3) is 5.17. The van der Waals surface area contributed by atoms with Gasteiger partial charge in [0.25, 0.3) is 5.91 Å². The second-order valence-electron chi connectivity index (χ2n) is 7.38. The van der Waals surface area contributed by atoms with Gasteiger partial charge in [0.2, 0.25) is 0 Å². The van der Waals surface area contributed by atoms with Gasteiger partial charge in [-0.15, -0.1) is 15.7 Å². The lowest BCUT2D eigenvalue weighted by molar-refractivity contribution is -0.113. The number of hydrogen-bond donors (Lipinski definition) is 1. The van der Waals surface area contributed by atoms with E-state index in [2.05, 4.69) is 19.6 Å². The highest BCUT2D eigenvalue weighted by Crippen LogP contribution is 2.25. The van der Waals surface area contributed by atoms with Crippen LogP contribution in [0.25, 0.3) is 0 Å². The number of aromatic nitrogens is 1. The summed E-state index contributed by atoms with van der Waals surface area (Å²) in [5.74, 6) is -1.28. The van der Waals surface area contributed by atoms with Crippen molar-refractivity contribution in [2.24, 2.45) is 4.40 Å². The summed E-state index contributed by atoms with van der Waals surface area (Å²) >= 11 is 7.02. The zero-order chi connectivity index (χ0) is 22.7. The van der Waals surface area contributed by atoms with Crippen molar-refractivity contribution in [1.29, 1.82) is 0 Å². The molecule has 32 heavy (non-hydrogen) atoms. The minimum Gasteiger partial charge on any atom is -0.321 e. The molecule has 1 saturated heterocycles. The van der Waals surface area contributed by atoms with E-state index >= 15 is 0 Å². The van der Waals surface area contributed by atoms with Gasteiger partial charge in [0.05, 0.1) is 5.02 Å². The quantitative estimate of drug-likeness (QED) is 0.633. The molecule has 0 radical (unpaired) electrons. The number of amides is 1. The van der Waals surface area contributed by atoms with Crippen LogP contribution < -0.4 is 5.32 Å². The number of nitrogens with one attached hydrogen (secondary N) is 1. The molecule has 12 heteroatoms. The molecule has 0 unspecified atom stereocenters. The van der Waals surface area contributed by atoms with E-state index in [4.69, 9.17) is 11.6 Å². The molecular formula is C20H21ClFN5O3S2. The summed E-state index contributed by atoms with van der Waals surface area (Å²) in [6, 6.07) is 3.74. The Hall–Kier alpha value is -2.34. The fraction of sp³-hybridized carbons (Fsp3) is 0.350. The molecule has 4 rings (SSSR count). The van der Waals surface area contributed by atoms with Crippen LogP contribution in [-0.4, -0.2) is 60.4 Å². The zero-order valence-corrected chi connectivity index (χ0v) is 19.4. The van der Waals surface area contributed by atoms with Crippen LogP contribution in [0.3, 0.4) is 0 Å². The Bertz CT molecular complexity index is 1160. The van der Waals surface area contributed by atoms with Gasteiger partial charge in [0.1, 0.15) is 22.2 Å². The fourth-order valence-corrected chi connectivity index (χ4v) is 5.67. The van der Waals surface area contributed by atoms with Crippen molar-refractivity contribution < 1.29 is 17.6 Å². The van der Waals surface area contributed by atoms with Gasteiger partial charge in [-0.3, -0.25) is 4.79 Å². The van der Waals surface area contributed by atoms with Gasteiger partial charge in [-0.25, -0.2) is 13.7 Å². The normalized spacial score (nSPS) is 18.4. The second kappa shape index (κ2) is 9.65. The molecular weight excluding hydrogens is 477 g/mol. The van der Waals surface area contributed by atoms with Crippen molar-refractivity contribution >= 4 is 50.5 Å². The highest BCUT2D eigenvalue weighted by molar-refractivity contribution is 7.88. The largest absolute Gasteiger partial charge is 0.345 e. The molecule has 0 aliphatic carbocycles. The maximum absolute atomic E-state index is 13.5. The van der Waals surface area contributed by atoms with Crippen LogP contribution in [0.5, 0.6) is 0 Å². The Morgan fingerprint density at radius 2 is 2.03 bits per heavy atom. The predicted molar refractivity (Wildman–Crippen MR) is 123 cm³/mol. The number of thiazole rings is 1. The molecule has 0 atom stereocenters. The van der Waals surface area contributed by atoms with Gasteiger partial charge in [-0.1, -0.05) is 11.6 Å².